The number of pyridine rings is 1. The molecular formula is C9H9F2N3O. The summed E-state index contributed by atoms with van der Waals surface area (Å²) in [4.78, 5) is 3.51. The van der Waals surface area contributed by atoms with Gasteiger partial charge >= 0.3 is 0 Å². The van der Waals surface area contributed by atoms with E-state index in [-0.39, 0.29) is 23.6 Å². The van der Waals surface area contributed by atoms with Crippen molar-refractivity contribution in [2.24, 2.45) is 0 Å². The number of aromatic nitrogens is 1. The highest BCUT2D eigenvalue weighted by Gasteiger charge is 2.17. The molecule has 0 amide bonds. The van der Waals surface area contributed by atoms with Crippen molar-refractivity contribution in [3.05, 3.63) is 17.3 Å². The van der Waals surface area contributed by atoms with Gasteiger partial charge in [-0.15, -0.1) is 0 Å². The van der Waals surface area contributed by atoms with Gasteiger partial charge in [-0.1, -0.05) is 0 Å². The number of halogens is 2. The van der Waals surface area contributed by atoms with E-state index < -0.39 is 12.1 Å². The van der Waals surface area contributed by atoms with Crippen molar-refractivity contribution in [3.8, 4) is 11.8 Å². The summed E-state index contributed by atoms with van der Waals surface area (Å²) in [5.74, 6) is 0.0964. The van der Waals surface area contributed by atoms with Gasteiger partial charge in [0.05, 0.1) is 19.6 Å². The molecule has 0 saturated carbocycles. The second-order valence-corrected chi connectivity index (χ2v) is 2.76. The number of nitrogens with two attached hydrogens (primary N) is 1. The smallest absolute Gasteiger partial charge is 0.280 e. The van der Waals surface area contributed by atoms with Gasteiger partial charge in [0.25, 0.3) is 6.43 Å². The fourth-order valence-corrected chi connectivity index (χ4v) is 1.14. The predicted molar refractivity (Wildman–Crippen MR) is 49.5 cm³/mol. The highest BCUT2D eigenvalue weighted by molar-refractivity contribution is 5.50. The number of rotatable bonds is 3. The maximum absolute atomic E-state index is 12.5. The second-order valence-electron chi connectivity index (χ2n) is 2.76. The molecule has 80 valence electrons. The van der Waals surface area contributed by atoms with Crippen LogP contribution in [0, 0.1) is 11.3 Å². The first-order valence-electron chi connectivity index (χ1n) is 4.08. The molecule has 0 radical (unpaired) electrons. The molecule has 0 aromatic carbocycles. The van der Waals surface area contributed by atoms with E-state index in [1.807, 2.05) is 0 Å². The molecule has 4 nitrogen and oxygen atoms in total. The van der Waals surface area contributed by atoms with Crippen molar-refractivity contribution in [2.75, 3.05) is 12.8 Å². The Kier molecular flexibility index (Phi) is 3.39. The SMILES string of the molecule is COc1cc(CC#N)c(C(F)F)nc1N. The number of nitrogen functional groups attached to an aromatic ring is 1. The van der Waals surface area contributed by atoms with Crippen LogP contribution < -0.4 is 10.5 Å². The molecule has 2 N–H and O–H groups in total. The largest absolute Gasteiger partial charge is 0.493 e. The number of alkyl halides is 2. The van der Waals surface area contributed by atoms with Crippen molar-refractivity contribution in [3.63, 3.8) is 0 Å². The predicted octanol–water partition coefficient (Wildman–Crippen LogP) is 1.68. The molecule has 15 heavy (non-hydrogen) atoms. The van der Waals surface area contributed by atoms with Crippen LogP contribution in [0.5, 0.6) is 5.75 Å². The molecule has 0 saturated heterocycles. The van der Waals surface area contributed by atoms with Gasteiger partial charge < -0.3 is 10.5 Å². The van der Waals surface area contributed by atoms with Crippen LogP contribution in [0.2, 0.25) is 0 Å². The minimum Gasteiger partial charge on any atom is -0.493 e. The van der Waals surface area contributed by atoms with Crippen molar-refractivity contribution < 1.29 is 13.5 Å². The van der Waals surface area contributed by atoms with Crippen LogP contribution in [0.15, 0.2) is 6.07 Å². The van der Waals surface area contributed by atoms with Crippen LogP contribution >= 0.6 is 0 Å². The molecular weight excluding hydrogens is 204 g/mol. The van der Waals surface area contributed by atoms with Gasteiger partial charge in [0.1, 0.15) is 5.69 Å². The Morgan fingerprint density at radius 3 is 2.80 bits per heavy atom. The maximum Gasteiger partial charge on any atom is 0.280 e. The lowest BCUT2D eigenvalue weighted by Crippen LogP contribution is -2.04. The van der Waals surface area contributed by atoms with Crippen molar-refractivity contribution >= 4 is 5.82 Å². The lowest BCUT2D eigenvalue weighted by molar-refractivity contribution is 0.145. The number of nitrogens with zero attached hydrogens (tertiary/aromatic N) is 2. The first kappa shape index (κ1) is 11.2. The fraction of sp³-hybridized carbons (Fsp3) is 0.333. The molecule has 0 atom stereocenters. The number of hydrogen-bond donors (Lipinski definition) is 1. The zero-order chi connectivity index (χ0) is 11.4. The molecule has 0 aliphatic carbocycles. The summed E-state index contributed by atoms with van der Waals surface area (Å²) < 4.78 is 29.8. The maximum atomic E-state index is 12.5. The molecule has 1 aromatic heterocycles. The highest BCUT2D eigenvalue weighted by Crippen LogP contribution is 2.28. The zero-order valence-corrected chi connectivity index (χ0v) is 8.00. The Morgan fingerprint density at radius 1 is 1.67 bits per heavy atom. The fourth-order valence-electron chi connectivity index (χ4n) is 1.14. The normalized spacial score (nSPS) is 10.1. The topological polar surface area (TPSA) is 71.9 Å². The minimum atomic E-state index is -2.75. The molecule has 0 spiro atoms. The number of ether oxygens (including phenoxy) is 1. The van der Waals surface area contributed by atoms with Gasteiger partial charge in [0.15, 0.2) is 11.6 Å². The van der Waals surface area contributed by atoms with Crippen molar-refractivity contribution in [2.45, 2.75) is 12.8 Å². The highest BCUT2D eigenvalue weighted by atomic mass is 19.3. The number of anilines is 1. The summed E-state index contributed by atoms with van der Waals surface area (Å²) in [6, 6.07) is 3.09. The van der Waals surface area contributed by atoms with E-state index in [2.05, 4.69) is 4.98 Å². The Balaban J connectivity index is 3.26. The van der Waals surface area contributed by atoms with Gasteiger partial charge in [-0.05, 0) is 11.6 Å². The molecule has 0 fully saturated rings. The Labute approximate surface area is 85.3 Å². The molecule has 6 heteroatoms. The quantitative estimate of drug-likeness (QED) is 0.828. The van der Waals surface area contributed by atoms with Gasteiger partial charge in [-0.2, -0.15) is 5.26 Å². The summed E-state index contributed by atoms with van der Waals surface area (Å²) in [5, 5.41) is 8.46. The lowest BCUT2D eigenvalue weighted by atomic mass is 10.1. The summed E-state index contributed by atoms with van der Waals surface area (Å²) in [6.45, 7) is 0. The van der Waals surface area contributed by atoms with Gasteiger partial charge in [-0.25, -0.2) is 13.8 Å². The van der Waals surface area contributed by atoms with E-state index in [0.717, 1.165) is 0 Å². The first-order valence-corrected chi connectivity index (χ1v) is 4.08. The van der Waals surface area contributed by atoms with Gasteiger partial charge in [-0.3, -0.25) is 0 Å². The van der Waals surface area contributed by atoms with Crippen LogP contribution in [0.1, 0.15) is 17.7 Å². The molecule has 1 heterocycles. The van der Waals surface area contributed by atoms with Crippen LogP contribution in [0.4, 0.5) is 14.6 Å². The number of methoxy groups -OCH3 is 1. The van der Waals surface area contributed by atoms with Crippen molar-refractivity contribution in [1.82, 2.24) is 4.98 Å². The third-order valence-electron chi connectivity index (χ3n) is 1.82. The lowest BCUT2D eigenvalue weighted by Gasteiger charge is -2.09. The van der Waals surface area contributed by atoms with Crippen LogP contribution in [0.25, 0.3) is 0 Å². The molecule has 0 aliphatic rings. The van der Waals surface area contributed by atoms with E-state index in [1.165, 1.54) is 13.2 Å². The second kappa shape index (κ2) is 4.55. The molecule has 0 aliphatic heterocycles. The van der Waals surface area contributed by atoms with Crippen molar-refractivity contribution in [1.29, 1.82) is 5.26 Å². The van der Waals surface area contributed by atoms with Gasteiger partial charge in [0, 0.05) is 0 Å². The third-order valence-corrected chi connectivity index (χ3v) is 1.82. The first-order chi connectivity index (χ1) is 7.10. The Morgan fingerprint density at radius 2 is 2.33 bits per heavy atom. The summed E-state index contributed by atoms with van der Waals surface area (Å²) in [5.41, 5.74) is 5.06. The molecule has 1 aromatic rings. The van der Waals surface area contributed by atoms with E-state index in [9.17, 15) is 8.78 Å². The summed E-state index contributed by atoms with van der Waals surface area (Å²) in [6.07, 6.45) is -2.90. The minimum absolute atomic E-state index is 0.102. The molecule has 0 bridgehead atoms. The Bertz CT molecular complexity index is 401. The van der Waals surface area contributed by atoms with E-state index in [1.54, 1.807) is 6.07 Å². The monoisotopic (exact) mass is 213 g/mol. The average molecular weight is 213 g/mol. The van der Waals surface area contributed by atoms with E-state index in [4.69, 9.17) is 15.7 Å². The van der Waals surface area contributed by atoms with Gasteiger partial charge in [0.2, 0.25) is 0 Å². The van der Waals surface area contributed by atoms with Crippen LogP contribution in [0.3, 0.4) is 0 Å². The Hall–Kier alpha value is -1.90. The summed E-state index contributed by atoms with van der Waals surface area (Å²) >= 11 is 0. The molecule has 1 rings (SSSR count). The van der Waals surface area contributed by atoms with E-state index in [0.29, 0.717) is 0 Å². The standard InChI is InChI=1S/C9H9F2N3O/c1-15-6-4-5(2-3-12)7(8(10)11)14-9(6)13/h4,8H,2H2,1H3,(H2,13,14). The van der Waals surface area contributed by atoms with Crippen LogP contribution in [-0.2, 0) is 6.42 Å². The average Bonchev–Trinajstić information content (AvgIpc) is 2.20. The number of nitriles is 1. The molecule has 0 unspecified atom stereocenters. The summed E-state index contributed by atoms with van der Waals surface area (Å²) in [7, 11) is 1.35. The zero-order valence-electron chi connectivity index (χ0n) is 8.00. The number of hydrogen-bond acceptors (Lipinski definition) is 4. The van der Waals surface area contributed by atoms with Crippen LogP contribution in [-0.4, -0.2) is 12.1 Å². The van der Waals surface area contributed by atoms with E-state index >= 15 is 0 Å². The third kappa shape index (κ3) is 2.31.